The molecule has 0 radical (unpaired) electrons. The second-order valence-electron chi connectivity index (χ2n) is 4.42. The summed E-state index contributed by atoms with van der Waals surface area (Å²) in [4.78, 5) is 9.45. The number of nitrogens with zero attached hydrogens (tertiary/aromatic N) is 1. The molecule has 0 aromatic heterocycles. The maximum absolute atomic E-state index is 6.13. The van der Waals surface area contributed by atoms with Crippen molar-refractivity contribution in [2.45, 2.75) is 13.0 Å². The highest BCUT2D eigenvalue weighted by atomic mass is 35.5. The van der Waals surface area contributed by atoms with Crippen LogP contribution in [0.5, 0.6) is 0 Å². The Balaban J connectivity index is 1.89. The minimum Gasteiger partial charge on any atom is -0.270 e. The number of halogens is 2. The number of benzene rings is 2. The fraction of sp³-hybridized carbons (Fsp3) is 0.118. The summed E-state index contributed by atoms with van der Waals surface area (Å²) in [6.45, 7) is 0.440. The van der Waals surface area contributed by atoms with Gasteiger partial charge in [-0.15, -0.1) is 12.3 Å². The van der Waals surface area contributed by atoms with E-state index in [0.717, 1.165) is 11.1 Å². The molecule has 2 rings (SSSR count). The molecule has 3 nitrogen and oxygen atoms in total. The van der Waals surface area contributed by atoms with E-state index in [1.54, 1.807) is 12.1 Å². The maximum Gasteiger partial charge on any atom is 0.113 e. The third-order valence-electron chi connectivity index (χ3n) is 2.84. The molecule has 0 amide bonds. The Morgan fingerprint density at radius 1 is 1.18 bits per heavy atom. The van der Waals surface area contributed by atoms with Gasteiger partial charge in [0.05, 0.1) is 12.3 Å². The molecule has 112 valence electrons. The van der Waals surface area contributed by atoms with E-state index in [2.05, 4.69) is 16.4 Å². The molecule has 0 spiro atoms. The fourth-order valence-electron chi connectivity index (χ4n) is 1.77. The second kappa shape index (κ2) is 8.45. The van der Waals surface area contributed by atoms with Crippen LogP contribution in [0.4, 0.5) is 5.69 Å². The summed E-state index contributed by atoms with van der Waals surface area (Å²) in [7, 11) is 0. The molecule has 2 aromatic carbocycles. The predicted octanol–water partition coefficient (Wildman–Crippen LogP) is 4.55. The smallest absolute Gasteiger partial charge is 0.113 e. The highest BCUT2D eigenvalue weighted by Gasteiger charge is 2.06. The normalized spacial score (nSPS) is 10.6. The minimum atomic E-state index is 0.389. The average molecular weight is 333 g/mol. The Hall–Kier alpha value is -1.99. The molecule has 0 aliphatic heterocycles. The van der Waals surface area contributed by atoms with Crippen molar-refractivity contribution in [2.75, 3.05) is 0 Å². The van der Waals surface area contributed by atoms with Crippen molar-refractivity contribution < 1.29 is 4.84 Å². The van der Waals surface area contributed by atoms with Crippen LogP contribution in [0.2, 0.25) is 10.0 Å². The molecule has 22 heavy (non-hydrogen) atoms. The van der Waals surface area contributed by atoms with Gasteiger partial charge in [-0.25, -0.2) is 4.99 Å². The minimum absolute atomic E-state index is 0.389. The molecule has 0 bridgehead atoms. The molecule has 0 saturated heterocycles. The van der Waals surface area contributed by atoms with Crippen LogP contribution in [0.25, 0.3) is 0 Å². The fourth-order valence-corrected chi connectivity index (χ4v) is 2.38. The summed E-state index contributed by atoms with van der Waals surface area (Å²) in [5, 5.41) is 1.01. The number of rotatable bonds is 6. The third-order valence-corrected chi connectivity index (χ3v) is 3.51. The van der Waals surface area contributed by atoms with Crippen molar-refractivity contribution >= 4 is 35.2 Å². The zero-order valence-corrected chi connectivity index (χ0v) is 13.2. The lowest BCUT2D eigenvalue weighted by molar-refractivity contribution is 0.0745. The lowest BCUT2D eigenvalue weighted by Gasteiger charge is -2.05. The van der Waals surface area contributed by atoms with Crippen LogP contribution in [0.15, 0.2) is 47.5 Å². The quantitative estimate of drug-likeness (QED) is 0.277. The van der Waals surface area contributed by atoms with Crippen molar-refractivity contribution in [3.05, 3.63) is 63.6 Å². The number of hydrogen-bond donors (Lipinski definition) is 1. The van der Waals surface area contributed by atoms with Crippen molar-refractivity contribution in [3.8, 4) is 12.3 Å². The zero-order chi connectivity index (χ0) is 15.8. The van der Waals surface area contributed by atoms with Gasteiger partial charge in [-0.2, -0.15) is 0 Å². The van der Waals surface area contributed by atoms with E-state index in [1.807, 2.05) is 30.3 Å². The summed E-state index contributed by atoms with van der Waals surface area (Å²) < 4.78 is 0. The van der Waals surface area contributed by atoms with Crippen molar-refractivity contribution in [1.82, 2.24) is 5.48 Å². The molecule has 0 aliphatic carbocycles. The maximum atomic E-state index is 6.13. The van der Waals surface area contributed by atoms with Crippen LogP contribution in [0, 0.1) is 12.3 Å². The molecular formula is C17H14Cl2N2O. The highest BCUT2D eigenvalue weighted by Crippen LogP contribution is 2.30. The summed E-state index contributed by atoms with van der Waals surface area (Å²) in [5.74, 6) is 2.52. The van der Waals surface area contributed by atoms with Crippen LogP contribution in [-0.4, -0.2) is 6.34 Å². The second-order valence-corrected chi connectivity index (χ2v) is 5.23. The molecular weight excluding hydrogens is 319 g/mol. The number of hydroxylamine groups is 1. The molecule has 5 heteroatoms. The van der Waals surface area contributed by atoms with Gasteiger partial charge in [0, 0.05) is 22.0 Å². The van der Waals surface area contributed by atoms with Gasteiger partial charge in [0.15, 0.2) is 0 Å². The lowest BCUT2D eigenvalue weighted by Crippen LogP contribution is -2.11. The van der Waals surface area contributed by atoms with Crippen molar-refractivity contribution in [2.24, 2.45) is 4.99 Å². The Morgan fingerprint density at radius 3 is 2.50 bits per heavy atom. The first-order valence-electron chi connectivity index (χ1n) is 6.56. The first kappa shape index (κ1) is 16.4. The van der Waals surface area contributed by atoms with Crippen molar-refractivity contribution in [3.63, 3.8) is 0 Å². The van der Waals surface area contributed by atoms with Gasteiger partial charge >= 0.3 is 0 Å². The van der Waals surface area contributed by atoms with Crippen LogP contribution < -0.4 is 5.48 Å². The first-order chi connectivity index (χ1) is 10.7. The zero-order valence-electron chi connectivity index (χ0n) is 11.7. The monoisotopic (exact) mass is 332 g/mol. The van der Waals surface area contributed by atoms with Gasteiger partial charge in [0.1, 0.15) is 6.34 Å². The van der Waals surface area contributed by atoms with Crippen LogP contribution in [0.1, 0.15) is 11.1 Å². The molecule has 0 aliphatic rings. The highest BCUT2D eigenvalue weighted by molar-refractivity contribution is 6.36. The van der Waals surface area contributed by atoms with E-state index in [9.17, 15) is 0 Å². The number of terminal acetylenes is 1. The van der Waals surface area contributed by atoms with Gasteiger partial charge < -0.3 is 0 Å². The Morgan fingerprint density at radius 2 is 1.86 bits per heavy atom. The van der Waals surface area contributed by atoms with E-state index in [4.69, 9.17) is 34.5 Å². The lowest BCUT2D eigenvalue weighted by atomic mass is 10.1. The summed E-state index contributed by atoms with van der Waals surface area (Å²) in [6, 6.07) is 13.2. The van der Waals surface area contributed by atoms with Gasteiger partial charge in [0.2, 0.25) is 0 Å². The number of hydrogen-bond acceptors (Lipinski definition) is 2. The largest absolute Gasteiger partial charge is 0.270 e. The molecule has 0 saturated carbocycles. The molecule has 0 heterocycles. The van der Waals surface area contributed by atoms with Gasteiger partial charge in [-0.05, 0) is 17.7 Å². The van der Waals surface area contributed by atoms with Gasteiger partial charge in [-0.1, -0.05) is 53.5 Å². The molecule has 0 atom stereocenters. The van der Waals surface area contributed by atoms with Crippen LogP contribution >= 0.6 is 23.2 Å². The summed E-state index contributed by atoms with van der Waals surface area (Å²) in [6.07, 6.45) is 7.10. The molecule has 2 aromatic rings. The SMILES string of the molecule is C#CCc1c(Cl)cc(N=CNOCc2ccccc2)cc1Cl. The van der Waals surface area contributed by atoms with Crippen molar-refractivity contribution in [1.29, 1.82) is 0 Å². The average Bonchev–Trinajstić information content (AvgIpc) is 2.52. The molecule has 1 N–H and O–H groups in total. The van der Waals surface area contributed by atoms with Gasteiger partial charge in [-0.3, -0.25) is 10.3 Å². The standard InChI is InChI=1S/C17H14Cl2N2O/c1-2-6-15-16(18)9-14(10-17(15)19)20-12-21-22-11-13-7-4-3-5-8-13/h1,3-5,7-10,12H,6,11H2,(H,20,21). The van der Waals surface area contributed by atoms with E-state index >= 15 is 0 Å². The molecule has 0 fully saturated rings. The first-order valence-corrected chi connectivity index (χ1v) is 7.31. The third kappa shape index (κ3) is 4.78. The van der Waals surface area contributed by atoms with Gasteiger partial charge in [0.25, 0.3) is 0 Å². The van der Waals surface area contributed by atoms with E-state index in [1.165, 1.54) is 6.34 Å². The van der Waals surface area contributed by atoms with E-state index in [0.29, 0.717) is 28.8 Å². The summed E-state index contributed by atoms with van der Waals surface area (Å²) in [5.41, 5.74) is 5.07. The van der Waals surface area contributed by atoms with E-state index in [-0.39, 0.29) is 0 Å². The number of nitrogens with one attached hydrogen (secondary N) is 1. The predicted molar refractivity (Wildman–Crippen MR) is 91.5 cm³/mol. The molecule has 0 unspecified atom stereocenters. The Labute approximate surface area is 139 Å². The summed E-state index contributed by atoms with van der Waals surface area (Å²) >= 11 is 12.3. The van der Waals surface area contributed by atoms with Crippen LogP contribution in [0.3, 0.4) is 0 Å². The Kier molecular flexibility index (Phi) is 6.29. The van der Waals surface area contributed by atoms with E-state index < -0.39 is 0 Å². The topological polar surface area (TPSA) is 33.6 Å². The van der Waals surface area contributed by atoms with Crippen LogP contribution in [-0.2, 0) is 17.9 Å². The Bertz CT molecular complexity index is 671. The number of aliphatic imine (C=N–C) groups is 1.